The molecule has 2 atom stereocenters. The van der Waals surface area contributed by atoms with E-state index in [1.54, 1.807) is 11.6 Å². The average Bonchev–Trinajstić information content (AvgIpc) is 2.97. The van der Waals surface area contributed by atoms with Gasteiger partial charge in [-0.25, -0.2) is 0 Å². The Morgan fingerprint density at radius 1 is 1.50 bits per heavy atom. The fourth-order valence-electron chi connectivity index (χ4n) is 3.14. The highest BCUT2D eigenvalue weighted by molar-refractivity contribution is 5.53. The number of hydrogen-bond acceptors (Lipinski definition) is 5. The van der Waals surface area contributed by atoms with Gasteiger partial charge in [0.25, 0.3) is 0 Å². The first-order valence-corrected chi connectivity index (χ1v) is 6.33. The maximum atomic E-state index is 10.9. The third-order valence-corrected chi connectivity index (χ3v) is 4.02. The van der Waals surface area contributed by atoms with Gasteiger partial charge in [-0.2, -0.15) is 0 Å². The Balaban J connectivity index is 1.80. The van der Waals surface area contributed by atoms with Gasteiger partial charge >= 0.3 is 5.82 Å². The van der Waals surface area contributed by atoms with E-state index in [2.05, 4.69) is 15.2 Å². The molecule has 2 unspecified atom stereocenters. The molecule has 3 rings (SSSR count). The van der Waals surface area contributed by atoms with Gasteiger partial charge in [0.15, 0.2) is 0 Å². The van der Waals surface area contributed by atoms with E-state index < -0.39 is 4.92 Å². The lowest BCUT2D eigenvalue weighted by Crippen LogP contribution is -2.34. The molecular weight excluding hydrogens is 234 g/mol. The van der Waals surface area contributed by atoms with Crippen LogP contribution in [0.1, 0.15) is 19.3 Å². The quantitative estimate of drug-likeness (QED) is 0.640. The van der Waals surface area contributed by atoms with Crippen LogP contribution in [0.25, 0.3) is 0 Å². The third kappa shape index (κ3) is 1.74. The number of rotatable bonds is 3. The number of hydrogen-bond donors (Lipinski definition) is 1. The molecule has 0 aliphatic carbocycles. The van der Waals surface area contributed by atoms with Crippen molar-refractivity contribution >= 4 is 11.6 Å². The molecule has 3 heterocycles. The molecule has 7 heteroatoms. The van der Waals surface area contributed by atoms with Gasteiger partial charge in [0.05, 0.1) is 0 Å². The molecule has 98 valence electrons. The second kappa shape index (κ2) is 4.24. The van der Waals surface area contributed by atoms with Gasteiger partial charge in [-0.3, -0.25) is 9.47 Å². The van der Waals surface area contributed by atoms with Crippen LogP contribution >= 0.6 is 0 Å². The van der Waals surface area contributed by atoms with Crippen LogP contribution in [0.5, 0.6) is 0 Å². The normalized spacial score (nSPS) is 27.4. The number of imidazole rings is 1. The number of fused-ring (bicyclic) bond motifs is 1. The van der Waals surface area contributed by atoms with E-state index in [4.69, 9.17) is 0 Å². The Kier molecular flexibility index (Phi) is 2.70. The monoisotopic (exact) mass is 251 g/mol. The first kappa shape index (κ1) is 11.5. The molecule has 0 aromatic carbocycles. The smallest absolute Gasteiger partial charge is 0.360 e. The minimum absolute atomic E-state index is 0.0750. The molecule has 0 spiro atoms. The van der Waals surface area contributed by atoms with Gasteiger partial charge in [-0.05, 0) is 35.7 Å². The lowest BCUT2D eigenvalue weighted by molar-refractivity contribution is -0.388. The molecule has 0 bridgehead atoms. The average molecular weight is 251 g/mol. The number of anilines is 1. The van der Waals surface area contributed by atoms with Crippen molar-refractivity contribution in [3.63, 3.8) is 0 Å². The standard InChI is InChI=1S/C11H17N5O2/c1-14-7-12-10(16(17)18)11(14)13-8-4-6-15-5-2-3-9(8)15/h7-9,13H,2-6H2,1H3. The van der Waals surface area contributed by atoms with Gasteiger partial charge < -0.3 is 15.4 Å². The topological polar surface area (TPSA) is 76.2 Å². The SMILES string of the molecule is Cn1cnc([N+](=O)[O-])c1NC1CCN2CCCC12. The Morgan fingerprint density at radius 3 is 3.11 bits per heavy atom. The summed E-state index contributed by atoms with van der Waals surface area (Å²) in [5, 5.41) is 14.2. The second-order valence-corrected chi connectivity index (χ2v) is 5.07. The first-order chi connectivity index (χ1) is 8.66. The minimum atomic E-state index is -0.427. The maximum Gasteiger partial charge on any atom is 0.406 e. The first-order valence-electron chi connectivity index (χ1n) is 6.33. The molecule has 0 saturated carbocycles. The van der Waals surface area contributed by atoms with E-state index in [1.165, 1.54) is 19.2 Å². The van der Waals surface area contributed by atoms with Crippen LogP contribution in [0.3, 0.4) is 0 Å². The molecule has 1 aromatic heterocycles. The van der Waals surface area contributed by atoms with Gasteiger partial charge in [-0.1, -0.05) is 0 Å². The van der Waals surface area contributed by atoms with Crippen LogP contribution in [-0.4, -0.2) is 44.5 Å². The van der Waals surface area contributed by atoms with Crippen molar-refractivity contribution in [2.75, 3.05) is 18.4 Å². The highest BCUT2D eigenvalue weighted by Gasteiger charge is 2.38. The Hall–Kier alpha value is -1.63. The molecule has 2 aliphatic heterocycles. The summed E-state index contributed by atoms with van der Waals surface area (Å²) in [5.74, 6) is 0.452. The van der Waals surface area contributed by atoms with Crippen molar-refractivity contribution in [3.8, 4) is 0 Å². The number of nitro groups is 1. The van der Waals surface area contributed by atoms with Crippen LogP contribution in [0.4, 0.5) is 11.6 Å². The summed E-state index contributed by atoms with van der Waals surface area (Å²) in [7, 11) is 1.78. The van der Waals surface area contributed by atoms with Gasteiger partial charge in [0.1, 0.15) is 0 Å². The van der Waals surface area contributed by atoms with Crippen LogP contribution in [0.15, 0.2) is 6.33 Å². The third-order valence-electron chi connectivity index (χ3n) is 4.02. The molecule has 0 amide bonds. The van der Waals surface area contributed by atoms with Crippen molar-refractivity contribution in [2.45, 2.75) is 31.3 Å². The van der Waals surface area contributed by atoms with Gasteiger partial charge in [-0.15, -0.1) is 0 Å². The fourth-order valence-corrected chi connectivity index (χ4v) is 3.14. The van der Waals surface area contributed by atoms with E-state index in [0.717, 1.165) is 19.5 Å². The van der Waals surface area contributed by atoms with Crippen LogP contribution in [0, 0.1) is 10.1 Å². The summed E-state index contributed by atoms with van der Waals surface area (Å²) >= 11 is 0. The molecule has 0 radical (unpaired) electrons. The van der Waals surface area contributed by atoms with Crippen molar-refractivity contribution in [1.82, 2.24) is 14.5 Å². The number of nitrogens with zero attached hydrogens (tertiary/aromatic N) is 4. The highest BCUT2D eigenvalue weighted by atomic mass is 16.6. The summed E-state index contributed by atoms with van der Waals surface area (Å²) in [5.41, 5.74) is 0. The largest absolute Gasteiger partial charge is 0.406 e. The number of aromatic nitrogens is 2. The summed E-state index contributed by atoms with van der Waals surface area (Å²) < 4.78 is 1.69. The zero-order valence-corrected chi connectivity index (χ0v) is 10.4. The fraction of sp³-hybridized carbons (Fsp3) is 0.727. The van der Waals surface area contributed by atoms with E-state index in [9.17, 15) is 10.1 Å². The zero-order valence-electron chi connectivity index (χ0n) is 10.4. The van der Waals surface area contributed by atoms with Gasteiger partial charge in [0, 0.05) is 25.7 Å². The molecule has 2 saturated heterocycles. The molecule has 18 heavy (non-hydrogen) atoms. The molecule has 1 aromatic rings. The van der Waals surface area contributed by atoms with E-state index in [0.29, 0.717) is 17.9 Å². The predicted octanol–water partition coefficient (Wildman–Crippen LogP) is 0.977. The van der Waals surface area contributed by atoms with Crippen molar-refractivity contribution in [1.29, 1.82) is 0 Å². The van der Waals surface area contributed by atoms with E-state index in [-0.39, 0.29) is 5.82 Å². The van der Waals surface area contributed by atoms with Crippen LogP contribution in [-0.2, 0) is 7.05 Å². The molecule has 1 N–H and O–H groups in total. The van der Waals surface area contributed by atoms with Crippen LogP contribution in [0.2, 0.25) is 0 Å². The molecular formula is C11H17N5O2. The Labute approximate surface area is 105 Å². The van der Waals surface area contributed by atoms with Crippen molar-refractivity contribution in [2.24, 2.45) is 7.05 Å². The molecule has 7 nitrogen and oxygen atoms in total. The summed E-state index contributed by atoms with van der Waals surface area (Å²) in [6, 6.07) is 0.834. The molecule has 2 fully saturated rings. The minimum Gasteiger partial charge on any atom is -0.360 e. The second-order valence-electron chi connectivity index (χ2n) is 5.07. The lowest BCUT2D eigenvalue weighted by atomic mass is 10.1. The van der Waals surface area contributed by atoms with Crippen molar-refractivity contribution < 1.29 is 4.92 Å². The molecule has 2 aliphatic rings. The lowest BCUT2D eigenvalue weighted by Gasteiger charge is -2.21. The summed E-state index contributed by atoms with van der Waals surface area (Å²) in [4.78, 5) is 16.8. The maximum absolute atomic E-state index is 10.9. The highest BCUT2D eigenvalue weighted by Crippen LogP contribution is 2.32. The Morgan fingerprint density at radius 2 is 2.33 bits per heavy atom. The zero-order chi connectivity index (χ0) is 12.7. The number of aryl methyl sites for hydroxylation is 1. The summed E-state index contributed by atoms with van der Waals surface area (Å²) in [6.07, 6.45) is 4.95. The van der Waals surface area contributed by atoms with Crippen LogP contribution < -0.4 is 5.32 Å². The Bertz CT molecular complexity index is 472. The summed E-state index contributed by atoms with van der Waals surface area (Å²) in [6.45, 7) is 2.25. The van der Waals surface area contributed by atoms with E-state index in [1.807, 2.05) is 0 Å². The van der Waals surface area contributed by atoms with Crippen molar-refractivity contribution in [3.05, 3.63) is 16.4 Å². The predicted molar refractivity (Wildman–Crippen MR) is 66.5 cm³/mol. The number of nitrogens with one attached hydrogen (secondary N) is 1. The van der Waals surface area contributed by atoms with E-state index >= 15 is 0 Å². The van der Waals surface area contributed by atoms with Gasteiger partial charge in [0.2, 0.25) is 12.1 Å².